The zero-order chi connectivity index (χ0) is 19.2. The van der Waals surface area contributed by atoms with Crippen LogP contribution in [-0.2, 0) is 10.0 Å². The number of carbonyl (C=O) groups excluding carboxylic acids is 1. The molecule has 0 bridgehead atoms. The fourth-order valence-corrected chi connectivity index (χ4v) is 3.50. The van der Waals surface area contributed by atoms with Crippen LogP contribution in [-0.4, -0.2) is 27.0 Å². The van der Waals surface area contributed by atoms with Crippen LogP contribution < -0.4 is 14.8 Å². The van der Waals surface area contributed by atoms with E-state index in [0.717, 1.165) is 6.42 Å². The number of benzene rings is 2. The predicted molar refractivity (Wildman–Crippen MR) is 102 cm³/mol. The third-order valence-corrected chi connectivity index (χ3v) is 5.06. The summed E-state index contributed by atoms with van der Waals surface area (Å²) in [5.41, 5.74) is 0.982. The highest BCUT2D eigenvalue weighted by molar-refractivity contribution is 7.89. The van der Waals surface area contributed by atoms with Gasteiger partial charge in [-0.1, -0.05) is 13.0 Å². The first-order valence-corrected chi connectivity index (χ1v) is 9.96. The Bertz CT molecular complexity index is 846. The molecule has 0 saturated heterocycles. The van der Waals surface area contributed by atoms with Crippen LogP contribution in [0.5, 0.6) is 5.75 Å². The molecule has 0 saturated carbocycles. The Labute approximate surface area is 154 Å². The number of carbonyl (C=O) groups is 1. The lowest BCUT2D eigenvalue weighted by Crippen LogP contribution is -2.30. The Hall–Kier alpha value is -2.38. The molecule has 0 heterocycles. The lowest BCUT2D eigenvalue weighted by atomic mass is 10.2. The van der Waals surface area contributed by atoms with Gasteiger partial charge in [-0.2, -0.15) is 0 Å². The Balaban J connectivity index is 2.08. The summed E-state index contributed by atoms with van der Waals surface area (Å²) in [6, 6.07) is 12.8. The summed E-state index contributed by atoms with van der Waals surface area (Å²) in [4.78, 5) is 12.5. The van der Waals surface area contributed by atoms with Gasteiger partial charge in [-0.05, 0) is 62.7 Å². The van der Waals surface area contributed by atoms with E-state index in [2.05, 4.69) is 10.0 Å². The highest BCUT2D eigenvalue weighted by atomic mass is 32.2. The number of ether oxygens (including phenoxy) is 1. The molecule has 0 aliphatic heterocycles. The minimum absolute atomic E-state index is 0.152. The van der Waals surface area contributed by atoms with Gasteiger partial charge in [-0.15, -0.1) is 0 Å². The Morgan fingerprint density at radius 1 is 1.12 bits per heavy atom. The summed E-state index contributed by atoms with van der Waals surface area (Å²) in [5, 5.41) is 2.75. The second kappa shape index (κ2) is 8.82. The fraction of sp³-hybridized carbons (Fsp3) is 0.316. The molecule has 2 N–H and O–H groups in total. The lowest BCUT2D eigenvalue weighted by molar-refractivity contribution is 0.102. The van der Waals surface area contributed by atoms with Gasteiger partial charge >= 0.3 is 0 Å². The second-order valence-electron chi connectivity index (χ2n) is 6.13. The topological polar surface area (TPSA) is 84.5 Å². The monoisotopic (exact) mass is 376 g/mol. The number of hydrogen-bond acceptors (Lipinski definition) is 4. The first kappa shape index (κ1) is 19.9. The molecule has 26 heavy (non-hydrogen) atoms. The van der Waals surface area contributed by atoms with Crippen LogP contribution in [0.4, 0.5) is 5.69 Å². The van der Waals surface area contributed by atoms with Crippen molar-refractivity contribution in [2.75, 3.05) is 11.9 Å². The van der Waals surface area contributed by atoms with Gasteiger partial charge in [0.2, 0.25) is 10.0 Å². The quantitative estimate of drug-likeness (QED) is 0.739. The van der Waals surface area contributed by atoms with Crippen molar-refractivity contribution in [2.24, 2.45) is 0 Å². The minimum Gasteiger partial charge on any atom is -0.494 e. The molecule has 0 unspecified atom stereocenters. The highest BCUT2D eigenvalue weighted by Crippen LogP contribution is 2.17. The van der Waals surface area contributed by atoms with E-state index in [-0.39, 0.29) is 16.8 Å². The van der Waals surface area contributed by atoms with Gasteiger partial charge in [0.1, 0.15) is 5.75 Å². The number of amides is 1. The fourth-order valence-electron chi connectivity index (χ4n) is 2.25. The molecule has 2 aromatic rings. The van der Waals surface area contributed by atoms with Crippen LogP contribution in [0.1, 0.15) is 37.6 Å². The molecule has 140 valence electrons. The minimum atomic E-state index is -3.55. The maximum absolute atomic E-state index is 12.4. The molecular weight excluding hydrogens is 352 g/mol. The Kier molecular flexibility index (Phi) is 6.76. The third kappa shape index (κ3) is 5.57. The molecule has 1 amide bonds. The standard InChI is InChI=1S/C19H24N2O4S/c1-4-12-25-17-7-5-6-15(13-17)19(22)20-16-8-10-18(11-9-16)26(23,24)21-14(2)3/h5-11,13-14,21H,4,12H2,1-3H3,(H,20,22). The highest BCUT2D eigenvalue weighted by Gasteiger charge is 2.15. The van der Waals surface area contributed by atoms with E-state index in [0.29, 0.717) is 23.6 Å². The van der Waals surface area contributed by atoms with Crippen LogP contribution in [0.2, 0.25) is 0 Å². The van der Waals surface area contributed by atoms with Crippen LogP contribution >= 0.6 is 0 Å². The summed E-state index contributed by atoms with van der Waals surface area (Å²) >= 11 is 0. The predicted octanol–water partition coefficient (Wildman–Crippen LogP) is 3.41. The van der Waals surface area contributed by atoms with E-state index in [9.17, 15) is 13.2 Å². The second-order valence-corrected chi connectivity index (χ2v) is 7.84. The normalized spacial score (nSPS) is 11.4. The summed E-state index contributed by atoms with van der Waals surface area (Å²) in [7, 11) is -3.55. The molecule has 0 aliphatic carbocycles. The zero-order valence-electron chi connectivity index (χ0n) is 15.2. The van der Waals surface area contributed by atoms with Crippen LogP contribution in [0.3, 0.4) is 0 Å². The van der Waals surface area contributed by atoms with Crippen molar-refractivity contribution in [2.45, 2.75) is 38.1 Å². The number of rotatable bonds is 8. The van der Waals surface area contributed by atoms with Crippen LogP contribution in [0.25, 0.3) is 0 Å². The smallest absolute Gasteiger partial charge is 0.255 e. The van der Waals surface area contributed by atoms with Crippen molar-refractivity contribution >= 4 is 21.6 Å². The molecule has 2 aromatic carbocycles. The van der Waals surface area contributed by atoms with Gasteiger partial charge in [-0.25, -0.2) is 13.1 Å². The molecule has 0 spiro atoms. The van der Waals surface area contributed by atoms with Gasteiger partial charge in [0.15, 0.2) is 0 Å². The summed E-state index contributed by atoms with van der Waals surface area (Å²) < 4.78 is 32.3. The molecule has 0 radical (unpaired) electrons. The molecule has 0 fully saturated rings. The molecule has 0 aromatic heterocycles. The van der Waals surface area contributed by atoms with Crippen molar-refractivity contribution in [3.8, 4) is 5.75 Å². The number of anilines is 1. The van der Waals surface area contributed by atoms with Crippen molar-refractivity contribution in [1.82, 2.24) is 4.72 Å². The largest absolute Gasteiger partial charge is 0.494 e. The summed E-state index contributed by atoms with van der Waals surface area (Å²) in [5.74, 6) is 0.351. The molecule has 7 heteroatoms. The number of sulfonamides is 1. The van der Waals surface area contributed by atoms with E-state index in [4.69, 9.17) is 4.74 Å². The summed E-state index contributed by atoms with van der Waals surface area (Å²) in [6.07, 6.45) is 0.886. The van der Waals surface area contributed by atoms with Gasteiger partial charge in [-0.3, -0.25) is 4.79 Å². The van der Waals surface area contributed by atoms with Gasteiger partial charge in [0.05, 0.1) is 11.5 Å². The first-order chi connectivity index (χ1) is 12.3. The third-order valence-electron chi connectivity index (χ3n) is 3.38. The van der Waals surface area contributed by atoms with Crippen molar-refractivity contribution in [3.63, 3.8) is 0 Å². The summed E-state index contributed by atoms with van der Waals surface area (Å²) in [6.45, 7) is 6.11. The van der Waals surface area contributed by atoms with E-state index < -0.39 is 10.0 Å². The van der Waals surface area contributed by atoms with Crippen molar-refractivity contribution in [1.29, 1.82) is 0 Å². The van der Waals surface area contributed by atoms with Gasteiger partial charge in [0.25, 0.3) is 5.91 Å². The SMILES string of the molecule is CCCOc1cccc(C(=O)Nc2ccc(S(=O)(=O)NC(C)C)cc2)c1. The van der Waals surface area contributed by atoms with Gasteiger partial charge in [0, 0.05) is 17.3 Å². The molecule has 0 aliphatic rings. The Morgan fingerprint density at radius 3 is 2.42 bits per heavy atom. The lowest BCUT2D eigenvalue weighted by Gasteiger charge is -2.11. The van der Waals surface area contributed by atoms with E-state index in [1.807, 2.05) is 6.92 Å². The molecule has 6 nitrogen and oxygen atoms in total. The average molecular weight is 376 g/mol. The first-order valence-electron chi connectivity index (χ1n) is 8.48. The van der Waals surface area contributed by atoms with Crippen molar-refractivity contribution in [3.05, 3.63) is 54.1 Å². The maximum Gasteiger partial charge on any atom is 0.255 e. The Morgan fingerprint density at radius 2 is 1.81 bits per heavy atom. The number of nitrogens with one attached hydrogen (secondary N) is 2. The van der Waals surface area contributed by atoms with E-state index >= 15 is 0 Å². The molecule has 2 rings (SSSR count). The number of hydrogen-bond donors (Lipinski definition) is 2. The van der Waals surface area contributed by atoms with Crippen molar-refractivity contribution < 1.29 is 17.9 Å². The zero-order valence-corrected chi connectivity index (χ0v) is 16.0. The maximum atomic E-state index is 12.4. The van der Waals surface area contributed by atoms with Gasteiger partial charge < -0.3 is 10.1 Å². The van der Waals surface area contributed by atoms with Crippen LogP contribution in [0, 0.1) is 0 Å². The average Bonchev–Trinajstić information content (AvgIpc) is 2.59. The molecular formula is C19H24N2O4S. The van der Waals surface area contributed by atoms with Crippen LogP contribution in [0.15, 0.2) is 53.4 Å². The van der Waals surface area contributed by atoms with E-state index in [1.54, 1.807) is 50.2 Å². The van der Waals surface area contributed by atoms with E-state index in [1.165, 1.54) is 12.1 Å². The molecule has 0 atom stereocenters.